The predicted molar refractivity (Wildman–Crippen MR) is 110 cm³/mol. The van der Waals surface area contributed by atoms with Crippen molar-refractivity contribution in [2.75, 3.05) is 24.2 Å². The Kier molecular flexibility index (Phi) is 5.33. The Morgan fingerprint density at radius 1 is 1.27 bits per heavy atom. The van der Waals surface area contributed by atoms with Gasteiger partial charge in [-0.1, -0.05) is 23.4 Å². The number of aromatic nitrogens is 5. The van der Waals surface area contributed by atoms with Crippen molar-refractivity contribution >= 4 is 26.8 Å². The lowest BCUT2D eigenvalue weighted by atomic mass is 10.2. The van der Waals surface area contributed by atoms with Gasteiger partial charge in [0.2, 0.25) is 0 Å². The molecule has 0 unspecified atom stereocenters. The first-order valence-electron chi connectivity index (χ1n) is 9.71. The van der Waals surface area contributed by atoms with Gasteiger partial charge in [-0.15, -0.1) is 5.10 Å². The number of fused-ring (bicyclic) bond motifs is 1. The summed E-state index contributed by atoms with van der Waals surface area (Å²) in [5, 5.41) is 18.4. The number of nitrogens with zero attached hydrogens (tertiary/aromatic N) is 6. The van der Waals surface area contributed by atoms with Gasteiger partial charge in [-0.2, -0.15) is 9.97 Å². The third kappa shape index (κ3) is 4.08. The third-order valence-electron chi connectivity index (χ3n) is 4.82. The van der Waals surface area contributed by atoms with Crippen molar-refractivity contribution in [3.63, 3.8) is 0 Å². The van der Waals surface area contributed by atoms with Gasteiger partial charge < -0.3 is 14.7 Å². The molecule has 1 atom stereocenters. The molecule has 0 saturated carbocycles. The molecule has 1 fully saturated rings. The van der Waals surface area contributed by atoms with E-state index < -0.39 is 15.9 Å². The molecule has 3 aromatic rings. The molecule has 1 aliphatic heterocycles. The van der Waals surface area contributed by atoms with Crippen molar-refractivity contribution in [1.82, 2.24) is 25.0 Å². The summed E-state index contributed by atoms with van der Waals surface area (Å²) in [6.07, 6.45) is 1.26. The second-order valence-corrected chi connectivity index (χ2v) is 9.67. The van der Waals surface area contributed by atoms with Crippen LogP contribution in [0.4, 0.5) is 5.82 Å². The van der Waals surface area contributed by atoms with Crippen LogP contribution in [-0.4, -0.2) is 70.0 Å². The Morgan fingerprint density at radius 3 is 2.70 bits per heavy atom. The fourth-order valence-electron chi connectivity index (χ4n) is 3.50. The first-order chi connectivity index (χ1) is 14.2. The van der Waals surface area contributed by atoms with Crippen LogP contribution in [-0.2, 0) is 16.4 Å². The van der Waals surface area contributed by atoms with Crippen molar-refractivity contribution in [2.24, 2.45) is 0 Å². The van der Waals surface area contributed by atoms with Gasteiger partial charge in [0.05, 0.1) is 23.6 Å². The van der Waals surface area contributed by atoms with E-state index in [1.165, 1.54) is 6.26 Å². The number of hydrogen-bond acceptors (Lipinski definition) is 9. The number of β-amino-alcohol motifs (C(OH)–C–C–N with tert-alkyl or cyclic N) is 1. The Morgan fingerprint density at radius 2 is 2.03 bits per heavy atom. The topological polar surface area (TPSA) is 123 Å². The molecule has 10 nitrogen and oxygen atoms in total. The van der Waals surface area contributed by atoms with Crippen LogP contribution in [0.5, 0.6) is 6.01 Å². The van der Waals surface area contributed by atoms with Crippen LogP contribution in [0.15, 0.2) is 29.2 Å². The minimum atomic E-state index is -3.40. The van der Waals surface area contributed by atoms with Crippen LogP contribution >= 0.6 is 0 Å². The number of rotatable bonds is 6. The van der Waals surface area contributed by atoms with E-state index in [2.05, 4.69) is 20.3 Å². The van der Waals surface area contributed by atoms with E-state index in [1.54, 1.807) is 28.9 Å². The van der Waals surface area contributed by atoms with Crippen LogP contribution in [0.1, 0.15) is 25.8 Å². The van der Waals surface area contributed by atoms with Crippen LogP contribution in [0, 0.1) is 0 Å². The summed E-state index contributed by atoms with van der Waals surface area (Å²) in [6.45, 7) is 5.02. The van der Waals surface area contributed by atoms with Crippen LogP contribution in [0.2, 0.25) is 0 Å². The average molecular weight is 433 g/mol. The molecule has 4 rings (SSSR count). The Balaban J connectivity index is 1.81. The fraction of sp³-hybridized carbons (Fsp3) is 0.474. The quantitative estimate of drug-likeness (QED) is 0.608. The molecule has 160 valence electrons. The molecule has 1 N–H and O–H groups in total. The number of benzene rings is 1. The molecule has 0 radical (unpaired) electrons. The zero-order chi connectivity index (χ0) is 21.5. The fourth-order valence-corrected chi connectivity index (χ4v) is 4.44. The molecule has 11 heteroatoms. The van der Waals surface area contributed by atoms with E-state index in [9.17, 15) is 13.5 Å². The Bertz CT molecular complexity index is 1180. The van der Waals surface area contributed by atoms with E-state index in [1.807, 2.05) is 18.7 Å². The molecular formula is C19H24N6O4S. The minimum absolute atomic E-state index is 0.130. The van der Waals surface area contributed by atoms with Crippen molar-refractivity contribution in [1.29, 1.82) is 0 Å². The zero-order valence-electron chi connectivity index (χ0n) is 17.1. The van der Waals surface area contributed by atoms with Gasteiger partial charge in [0.1, 0.15) is 0 Å². The summed E-state index contributed by atoms with van der Waals surface area (Å²) < 4.78 is 31.6. The summed E-state index contributed by atoms with van der Waals surface area (Å²) in [7, 11) is -3.40. The van der Waals surface area contributed by atoms with Gasteiger partial charge >= 0.3 is 6.01 Å². The molecule has 0 amide bonds. The number of sulfone groups is 1. The second kappa shape index (κ2) is 7.80. The molecule has 30 heavy (non-hydrogen) atoms. The van der Waals surface area contributed by atoms with Crippen LogP contribution in [0.3, 0.4) is 0 Å². The molecule has 3 heterocycles. The molecule has 1 saturated heterocycles. The van der Waals surface area contributed by atoms with Crippen molar-refractivity contribution in [3.8, 4) is 6.01 Å². The van der Waals surface area contributed by atoms with Crippen molar-refractivity contribution in [3.05, 3.63) is 29.8 Å². The van der Waals surface area contributed by atoms with Gasteiger partial charge in [-0.25, -0.2) is 13.1 Å². The lowest BCUT2D eigenvalue weighted by Crippen LogP contribution is -2.23. The minimum Gasteiger partial charge on any atom is -0.461 e. The summed E-state index contributed by atoms with van der Waals surface area (Å²) in [5.74, 6) is 0.551. The molecule has 1 aromatic carbocycles. The van der Waals surface area contributed by atoms with E-state index in [0.29, 0.717) is 42.1 Å². The lowest BCUT2D eigenvalue weighted by Gasteiger charge is -2.18. The van der Waals surface area contributed by atoms with E-state index in [-0.39, 0.29) is 23.6 Å². The number of aliphatic hydroxyl groups excluding tert-OH is 1. The maximum absolute atomic E-state index is 12.2. The zero-order valence-corrected chi connectivity index (χ0v) is 17.9. The van der Waals surface area contributed by atoms with Gasteiger partial charge in [0.15, 0.2) is 26.8 Å². The van der Waals surface area contributed by atoms with Crippen LogP contribution in [0.25, 0.3) is 11.2 Å². The number of anilines is 1. The van der Waals surface area contributed by atoms with E-state index >= 15 is 0 Å². The average Bonchev–Trinajstić information content (AvgIpc) is 3.27. The molecule has 0 aliphatic carbocycles. The standard InChI is InChI=1S/C19H24N6O4S/c1-12(2)29-19-20-17(24-9-8-14(26)11-24)16-18(21-19)25(23-22-16)10-13-6-4-5-7-15(13)30(3,27)28/h4-7,12,14,26H,8-11H2,1-3H3/t14-/m0/s1. The highest BCUT2D eigenvalue weighted by Crippen LogP contribution is 2.28. The monoisotopic (exact) mass is 432 g/mol. The highest BCUT2D eigenvalue weighted by Gasteiger charge is 2.27. The molecule has 1 aliphatic rings. The smallest absolute Gasteiger partial charge is 0.320 e. The van der Waals surface area contributed by atoms with Crippen molar-refractivity contribution in [2.45, 2.75) is 43.9 Å². The van der Waals surface area contributed by atoms with E-state index in [4.69, 9.17) is 4.74 Å². The molecule has 0 spiro atoms. The van der Waals surface area contributed by atoms with Gasteiger partial charge in [-0.05, 0) is 31.9 Å². The number of ether oxygens (including phenoxy) is 1. The van der Waals surface area contributed by atoms with Crippen molar-refractivity contribution < 1.29 is 18.3 Å². The molecule has 2 aromatic heterocycles. The second-order valence-electron chi connectivity index (χ2n) is 7.68. The summed E-state index contributed by atoms with van der Waals surface area (Å²) in [4.78, 5) is 11.2. The maximum atomic E-state index is 12.2. The highest BCUT2D eigenvalue weighted by atomic mass is 32.2. The first kappa shape index (κ1) is 20.5. The maximum Gasteiger partial charge on any atom is 0.320 e. The first-order valence-corrected chi connectivity index (χ1v) is 11.6. The molecule has 0 bridgehead atoms. The normalized spacial score (nSPS) is 17.2. The Hall–Kier alpha value is -2.79. The van der Waals surface area contributed by atoms with Gasteiger partial charge in [-0.3, -0.25) is 0 Å². The highest BCUT2D eigenvalue weighted by molar-refractivity contribution is 7.90. The van der Waals surface area contributed by atoms with Crippen LogP contribution < -0.4 is 9.64 Å². The predicted octanol–water partition coefficient (Wildman–Crippen LogP) is 1.03. The SMILES string of the molecule is CC(C)Oc1nc(N2CC[C@H](O)C2)c2nnn(Cc3ccccc3S(C)(=O)=O)c2n1. The number of aliphatic hydroxyl groups is 1. The molecular weight excluding hydrogens is 408 g/mol. The Labute approximate surface area is 174 Å². The van der Waals surface area contributed by atoms with E-state index in [0.717, 1.165) is 0 Å². The third-order valence-corrected chi connectivity index (χ3v) is 6.02. The largest absolute Gasteiger partial charge is 0.461 e. The van der Waals surface area contributed by atoms with Gasteiger partial charge in [0, 0.05) is 19.3 Å². The summed E-state index contributed by atoms with van der Waals surface area (Å²) >= 11 is 0. The van der Waals surface area contributed by atoms with Gasteiger partial charge in [0.25, 0.3) is 0 Å². The lowest BCUT2D eigenvalue weighted by molar-refractivity contribution is 0.198. The number of hydrogen-bond donors (Lipinski definition) is 1. The summed E-state index contributed by atoms with van der Waals surface area (Å²) in [5.41, 5.74) is 1.52. The summed E-state index contributed by atoms with van der Waals surface area (Å²) in [6, 6.07) is 6.97.